The van der Waals surface area contributed by atoms with Crippen LogP contribution >= 0.6 is 0 Å². The molecular weight excluding hydrogens is 206 g/mol. The molecule has 1 fully saturated rings. The van der Waals surface area contributed by atoms with Crippen molar-refractivity contribution < 1.29 is 13.2 Å². The van der Waals surface area contributed by atoms with Crippen LogP contribution in [0.1, 0.15) is 6.42 Å². The molecule has 82 valence electrons. The van der Waals surface area contributed by atoms with Crippen LogP contribution in [0.2, 0.25) is 0 Å². The number of carbonyl (C=O) groups excluding carboxylic acids is 1. The minimum absolute atomic E-state index is 0.0951. The Kier molecular flexibility index (Phi) is 3.85. The van der Waals surface area contributed by atoms with Crippen LogP contribution in [0, 0.1) is 5.92 Å². The molecule has 1 saturated heterocycles. The van der Waals surface area contributed by atoms with E-state index in [1.807, 2.05) is 0 Å². The molecule has 7 heteroatoms. The van der Waals surface area contributed by atoms with Gasteiger partial charge in [-0.05, 0) is 19.0 Å². The highest BCUT2D eigenvalue weighted by molar-refractivity contribution is 7.89. The number of hydrogen-bond donors (Lipinski definition) is 3. The molecular formula is C7H15N3O3S. The van der Waals surface area contributed by atoms with Crippen LogP contribution in [0.5, 0.6) is 0 Å². The maximum Gasteiger partial charge on any atom is 0.220 e. The smallest absolute Gasteiger partial charge is 0.220 e. The first-order valence-electron chi connectivity index (χ1n) is 4.45. The third kappa shape index (κ3) is 4.54. The summed E-state index contributed by atoms with van der Waals surface area (Å²) in [4.78, 5) is 11.2. The van der Waals surface area contributed by atoms with E-state index in [1.165, 1.54) is 0 Å². The van der Waals surface area contributed by atoms with E-state index in [2.05, 4.69) is 10.6 Å². The Balaban J connectivity index is 2.08. The molecule has 0 unspecified atom stereocenters. The lowest BCUT2D eigenvalue weighted by molar-refractivity contribution is -0.122. The Hall–Kier alpha value is -0.660. The molecule has 0 aromatic carbocycles. The molecule has 4 N–H and O–H groups in total. The van der Waals surface area contributed by atoms with Crippen molar-refractivity contribution >= 4 is 15.9 Å². The molecule has 1 rings (SSSR count). The number of primary sulfonamides is 1. The monoisotopic (exact) mass is 221 g/mol. The number of amides is 1. The number of nitrogens with one attached hydrogen (secondary N) is 2. The minimum atomic E-state index is -3.47. The van der Waals surface area contributed by atoms with E-state index in [0.29, 0.717) is 12.3 Å². The van der Waals surface area contributed by atoms with Gasteiger partial charge in [-0.2, -0.15) is 0 Å². The summed E-state index contributed by atoms with van der Waals surface area (Å²) in [7, 11) is -3.47. The highest BCUT2D eigenvalue weighted by Gasteiger charge is 2.19. The first kappa shape index (κ1) is 11.4. The average Bonchev–Trinajstić information content (AvgIpc) is 1.94. The summed E-state index contributed by atoms with van der Waals surface area (Å²) < 4.78 is 21.0. The van der Waals surface area contributed by atoms with E-state index in [1.54, 1.807) is 0 Å². The Morgan fingerprint density at radius 2 is 2.14 bits per heavy atom. The zero-order chi connectivity index (χ0) is 10.6. The first-order valence-corrected chi connectivity index (χ1v) is 6.17. The lowest BCUT2D eigenvalue weighted by Gasteiger charge is -2.26. The van der Waals surface area contributed by atoms with E-state index in [9.17, 15) is 13.2 Å². The molecule has 0 radical (unpaired) electrons. The maximum absolute atomic E-state index is 11.2. The second kappa shape index (κ2) is 4.72. The fourth-order valence-corrected chi connectivity index (χ4v) is 1.55. The number of rotatable bonds is 5. The predicted molar refractivity (Wildman–Crippen MR) is 52.0 cm³/mol. The maximum atomic E-state index is 11.2. The fourth-order valence-electron chi connectivity index (χ4n) is 1.16. The molecule has 6 nitrogen and oxygen atoms in total. The van der Waals surface area contributed by atoms with Crippen LogP contribution in [-0.2, 0) is 14.8 Å². The van der Waals surface area contributed by atoms with Crippen molar-refractivity contribution in [3.63, 3.8) is 0 Å². The van der Waals surface area contributed by atoms with Crippen molar-refractivity contribution in [2.24, 2.45) is 11.1 Å². The summed E-state index contributed by atoms with van der Waals surface area (Å²) >= 11 is 0. The Labute approximate surface area is 83.3 Å². The molecule has 0 bridgehead atoms. The van der Waals surface area contributed by atoms with Crippen molar-refractivity contribution in [3.8, 4) is 0 Å². The zero-order valence-corrected chi connectivity index (χ0v) is 8.64. The van der Waals surface area contributed by atoms with Gasteiger partial charge < -0.3 is 10.6 Å². The van der Waals surface area contributed by atoms with Crippen LogP contribution in [0.25, 0.3) is 0 Å². The van der Waals surface area contributed by atoms with Crippen LogP contribution in [-0.4, -0.2) is 39.7 Å². The van der Waals surface area contributed by atoms with Crippen LogP contribution in [0.3, 0.4) is 0 Å². The van der Waals surface area contributed by atoms with Crippen LogP contribution in [0.4, 0.5) is 0 Å². The molecule has 1 aliphatic rings. The van der Waals surface area contributed by atoms with E-state index in [4.69, 9.17) is 5.14 Å². The quantitative estimate of drug-likeness (QED) is 0.500. The second-order valence-electron chi connectivity index (χ2n) is 3.45. The molecule has 1 amide bonds. The Bertz CT molecular complexity index is 297. The summed E-state index contributed by atoms with van der Waals surface area (Å²) in [5.74, 6) is 0.0754. The van der Waals surface area contributed by atoms with Crippen molar-refractivity contribution in [2.45, 2.75) is 6.42 Å². The standard InChI is InChI=1S/C7H15N3O3S/c8-14(12,13)2-1-10-7(11)3-6-4-9-5-6/h6,9H,1-5H2,(H,10,11)(H2,8,12,13). The first-order chi connectivity index (χ1) is 6.47. The Morgan fingerprint density at radius 3 is 2.57 bits per heavy atom. The van der Waals surface area contributed by atoms with E-state index >= 15 is 0 Å². The third-order valence-electron chi connectivity index (χ3n) is 2.05. The highest BCUT2D eigenvalue weighted by atomic mass is 32.2. The predicted octanol–water partition coefficient (Wildman–Crippen LogP) is -2.00. The van der Waals surface area contributed by atoms with Crippen LogP contribution in [0.15, 0.2) is 0 Å². The number of hydrogen-bond acceptors (Lipinski definition) is 4. The van der Waals surface area contributed by atoms with E-state index in [0.717, 1.165) is 13.1 Å². The van der Waals surface area contributed by atoms with Crippen LogP contribution < -0.4 is 15.8 Å². The SMILES string of the molecule is NS(=O)(=O)CCNC(=O)CC1CNC1. The lowest BCUT2D eigenvalue weighted by Crippen LogP contribution is -2.45. The van der Waals surface area contributed by atoms with Gasteiger partial charge in [0.25, 0.3) is 0 Å². The van der Waals surface area contributed by atoms with Gasteiger partial charge in [-0.3, -0.25) is 4.79 Å². The minimum Gasteiger partial charge on any atom is -0.355 e. The van der Waals surface area contributed by atoms with E-state index < -0.39 is 10.0 Å². The Morgan fingerprint density at radius 1 is 1.50 bits per heavy atom. The summed E-state index contributed by atoms with van der Waals surface area (Å²) in [5.41, 5.74) is 0. The van der Waals surface area contributed by atoms with Crippen molar-refractivity contribution in [2.75, 3.05) is 25.4 Å². The van der Waals surface area contributed by atoms with Gasteiger partial charge in [0.05, 0.1) is 5.75 Å². The zero-order valence-electron chi connectivity index (χ0n) is 7.82. The number of sulfonamides is 1. The third-order valence-corrected chi connectivity index (χ3v) is 2.82. The van der Waals surface area contributed by atoms with Gasteiger partial charge in [-0.1, -0.05) is 0 Å². The molecule has 0 aromatic rings. The largest absolute Gasteiger partial charge is 0.355 e. The van der Waals surface area contributed by atoms with Gasteiger partial charge in [0, 0.05) is 13.0 Å². The van der Waals surface area contributed by atoms with E-state index in [-0.39, 0.29) is 18.2 Å². The number of carbonyl (C=O) groups is 1. The van der Waals surface area contributed by atoms with Gasteiger partial charge in [0.1, 0.15) is 0 Å². The van der Waals surface area contributed by atoms with Crippen molar-refractivity contribution in [3.05, 3.63) is 0 Å². The molecule has 14 heavy (non-hydrogen) atoms. The summed E-state index contributed by atoms with van der Waals surface area (Å²) in [6.45, 7) is 1.82. The summed E-state index contributed by atoms with van der Waals surface area (Å²) in [6, 6.07) is 0. The molecule has 0 atom stereocenters. The van der Waals surface area contributed by atoms with Gasteiger partial charge in [0.2, 0.25) is 15.9 Å². The molecule has 0 aromatic heterocycles. The topological polar surface area (TPSA) is 101 Å². The van der Waals surface area contributed by atoms with Gasteiger partial charge in [0.15, 0.2) is 0 Å². The normalized spacial score (nSPS) is 17.5. The second-order valence-corrected chi connectivity index (χ2v) is 5.18. The summed E-state index contributed by atoms with van der Waals surface area (Å²) in [5, 5.41) is 10.3. The molecule has 0 spiro atoms. The lowest BCUT2D eigenvalue weighted by atomic mass is 9.99. The van der Waals surface area contributed by atoms with Crippen molar-refractivity contribution in [1.29, 1.82) is 0 Å². The molecule has 1 aliphatic heterocycles. The molecule has 0 saturated carbocycles. The van der Waals surface area contributed by atoms with Gasteiger partial charge in [-0.25, -0.2) is 13.6 Å². The van der Waals surface area contributed by atoms with Gasteiger partial charge >= 0.3 is 0 Å². The molecule has 0 aliphatic carbocycles. The molecule has 1 heterocycles. The fraction of sp³-hybridized carbons (Fsp3) is 0.857. The average molecular weight is 221 g/mol. The number of nitrogens with two attached hydrogens (primary N) is 1. The highest BCUT2D eigenvalue weighted by Crippen LogP contribution is 2.07. The van der Waals surface area contributed by atoms with Crippen molar-refractivity contribution in [1.82, 2.24) is 10.6 Å². The van der Waals surface area contributed by atoms with Gasteiger partial charge in [-0.15, -0.1) is 0 Å². The summed E-state index contributed by atoms with van der Waals surface area (Å²) in [6.07, 6.45) is 0.456.